The van der Waals surface area contributed by atoms with Gasteiger partial charge in [0.25, 0.3) is 0 Å². The number of nitrogens with one attached hydrogen (secondary N) is 1. The summed E-state index contributed by atoms with van der Waals surface area (Å²) in [7, 11) is 0. The van der Waals surface area contributed by atoms with Crippen LogP contribution in [0.4, 0.5) is 4.39 Å². The number of carbonyl (C=O) groups is 1. The van der Waals surface area contributed by atoms with Gasteiger partial charge in [0.1, 0.15) is 42.1 Å². The third-order valence-corrected chi connectivity index (χ3v) is 7.65. The Labute approximate surface area is 253 Å². The molecule has 0 fully saturated rings. The number of pyridine rings is 1. The summed E-state index contributed by atoms with van der Waals surface area (Å²) in [5, 5.41) is 31.0. The largest absolute Gasteiger partial charge is 0.488 e. The lowest BCUT2D eigenvalue weighted by Gasteiger charge is -2.20. The normalized spacial score (nSPS) is 14.5. The molecule has 10 heteroatoms. The van der Waals surface area contributed by atoms with Crippen molar-refractivity contribution in [1.29, 1.82) is 5.26 Å². The Balaban J connectivity index is 1.44. The second kappa shape index (κ2) is 13.2. The van der Waals surface area contributed by atoms with Crippen molar-refractivity contribution in [3.05, 3.63) is 111 Å². The van der Waals surface area contributed by atoms with Gasteiger partial charge in [0, 0.05) is 41.7 Å². The highest BCUT2D eigenvalue weighted by Gasteiger charge is 2.28. The maximum absolute atomic E-state index is 14.8. The molecule has 0 saturated carbocycles. The van der Waals surface area contributed by atoms with E-state index in [4.69, 9.17) is 21.1 Å². The molecule has 0 saturated heterocycles. The molecule has 0 bridgehead atoms. The van der Waals surface area contributed by atoms with E-state index < -0.39 is 18.6 Å². The van der Waals surface area contributed by atoms with Gasteiger partial charge in [-0.15, -0.1) is 0 Å². The second-order valence-corrected chi connectivity index (χ2v) is 10.7. The van der Waals surface area contributed by atoms with Gasteiger partial charge in [-0.25, -0.2) is 4.39 Å². The fourth-order valence-electron chi connectivity index (χ4n) is 5.18. The average Bonchev–Trinajstić information content (AvgIpc) is 3.42. The maximum atomic E-state index is 14.8. The molecule has 3 N–H and O–H groups in total. The van der Waals surface area contributed by atoms with E-state index >= 15 is 0 Å². The molecule has 8 nitrogen and oxygen atoms in total. The summed E-state index contributed by atoms with van der Waals surface area (Å²) in [4.78, 5) is 15.5. The lowest BCUT2D eigenvalue weighted by Crippen LogP contribution is -2.39. The fourth-order valence-corrected chi connectivity index (χ4v) is 5.41. The van der Waals surface area contributed by atoms with E-state index in [-0.39, 0.29) is 25.1 Å². The highest BCUT2D eigenvalue weighted by atomic mass is 35.5. The van der Waals surface area contributed by atoms with Crippen molar-refractivity contribution in [2.45, 2.75) is 45.1 Å². The van der Waals surface area contributed by atoms with E-state index in [1.54, 1.807) is 30.5 Å². The first kappa shape index (κ1) is 30.0. The molecule has 0 amide bonds. The zero-order valence-corrected chi connectivity index (χ0v) is 24.1. The molecule has 1 aliphatic carbocycles. The summed E-state index contributed by atoms with van der Waals surface area (Å²) >= 11 is 6.67. The van der Waals surface area contributed by atoms with Crippen molar-refractivity contribution < 1.29 is 28.9 Å². The van der Waals surface area contributed by atoms with Gasteiger partial charge in [-0.3, -0.25) is 15.1 Å². The molecule has 0 spiro atoms. The minimum Gasteiger partial charge on any atom is -0.488 e. The van der Waals surface area contributed by atoms with Crippen LogP contribution < -0.4 is 14.8 Å². The monoisotopic (exact) mass is 601 g/mol. The summed E-state index contributed by atoms with van der Waals surface area (Å²) < 4.78 is 27.3. The number of aliphatic carboxylic acids is 1. The van der Waals surface area contributed by atoms with Gasteiger partial charge in [0.2, 0.25) is 0 Å². The van der Waals surface area contributed by atoms with Crippen LogP contribution in [0.5, 0.6) is 11.5 Å². The van der Waals surface area contributed by atoms with Crippen LogP contribution in [0.15, 0.2) is 67.0 Å². The van der Waals surface area contributed by atoms with Gasteiger partial charge in [0.05, 0.1) is 17.2 Å². The minimum atomic E-state index is -1.19. The number of rotatable bonds is 11. The molecule has 1 aromatic heterocycles. The summed E-state index contributed by atoms with van der Waals surface area (Å²) in [5.74, 6) is -0.726. The van der Waals surface area contributed by atoms with Gasteiger partial charge in [0.15, 0.2) is 0 Å². The van der Waals surface area contributed by atoms with E-state index in [0.717, 1.165) is 22.3 Å². The number of aliphatic hydroxyl groups is 1. The molecule has 2 atom stereocenters. The van der Waals surface area contributed by atoms with Crippen molar-refractivity contribution in [2.24, 2.45) is 0 Å². The number of benzene rings is 3. The van der Waals surface area contributed by atoms with E-state index in [1.807, 2.05) is 37.3 Å². The highest BCUT2D eigenvalue weighted by molar-refractivity contribution is 6.32. The Morgan fingerprint density at radius 1 is 1.19 bits per heavy atom. The second-order valence-electron chi connectivity index (χ2n) is 10.3. The van der Waals surface area contributed by atoms with Crippen LogP contribution in [-0.4, -0.2) is 33.8 Å². The zero-order valence-electron chi connectivity index (χ0n) is 23.3. The third kappa shape index (κ3) is 6.78. The van der Waals surface area contributed by atoms with Gasteiger partial charge in [-0.05, 0) is 60.7 Å². The highest BCUT2D eigenvalue weighted by Crippen LogP contribution is 2.43. The van der Waals surface area contributed by atoms with E-state index in [1.165, 1.54) is 12.3 Å². The molecule has 1 heterocycles. The molecule has 5 rings (SSSR count). The van der Waals surface area contributed by atoms with E-state index in [2.05, 4.69) is 10.3 Å². The van der Waals surface area contributed by atoms with Crippen LogP contribution in [0.25, 0.3) is 11.1 Å². The molecular weight excluding hydrogens is 573 g/mol. The molecule has 0 radical (unpaired) electrons. The number of nitrogens with zero attached hydrogens (tertiary/aromatic N) is 2. The predicted octanol–water partition coefficient (Wildman–Crippen LogP) is 5.90. The first-order chi connectivity index (χ1) is 20.8. The summed E-state index contributed by atoms with van der Waals surface area (Å²) in [6.45, 7) is 1.46. The molecular formula is C33H29ClFN3O5. The summed E-state index contributed by atoms with van der Waals surface area (Å²) in [6, 6.07) is 16.7. The number of fused-ring (bicyclic) bond motifs is 1. The van der Waals surface area contributed by atoms with Gasteiger partial charge in [-0.1, -0.05) is 41.4 Å². The number of carboxylic acids is 1. The number of hydrogen-bond acceptors (Lipinski definition) is 7. The van der Waals surface area contributed by atoms with Crippen LogP contribution in [0.3, 0.4) is 0 Å². The summed E-state index contributed by atoms with van der Waals surface area (Å²) in [6.07, 6.45) is 4.07. The van der Waals surface area contributed by atoms with E-state index in [0.29, 0.717) is 51.6 Å². The van der Waals surface area contributed by atoms with Crippen molar-refractivity contribution in [1.82, 2.24) is 10.3 Å². The SMILES string of the molecule is Cc1ccc(F)c(-c2cccc3c2CC[C@@H]3Oc2cc(OCc3cncc(C#N)c3)c(CN[C@@H](CO)C(=O)O)cc2Cl)c1. The molecule has 43 heavy (non-hydrogen) atoms. The van der Waals surface area contributed by atoms with Crippen molar-refractivity contribution in [3.8, 4) is 28.7 Å². The Morgan fingerprint density at radius 2 is 2.02 bits per heavy atom. The molecule has 0 unspecified atom stereocenters. The van der Waals surface area contributed by atoms with Gasteiger partial charge < -0.3 is 19.7 Å². The van der Waals surface area contributed by atoms with Crippen LogP contribution in [0, 0.1) is 24.1 Å². The number of aliphatic hydroxyl groups excluding tert-OH is 1. The van der Waals surface area contributed by atoms with Crippen LogP contribution in [0.1, 0.15) is 45.9 Å². The first-order valence-corrected chi connectivity index (χ1v) is 14.1. The first-order valence-electron chi connectivity index (χ1n) is 13.7. The number of hydrogen-bond donors (Lipinski definition) is 3. The predicted molar refractivity (Wildman–Crippen MR) is 158 cm³/mol. The van der Waals surface area contributed by atoms with Gasteiger partial charge >= 0.3 is 5.97 Å². The Kier molecular flexibility index (Phi) is 9.22. The van der Waals surface area contributed by atoms with Crippen molar-refractivity contribution >= 4 is 17.6 Å². The number of carboxylic acid groups (broad SMARTS) is 1. The standard InChI is InChI=1S/C33H29ClFN3O5/c1-19-5-7-28(35)26(9-19)23-3-2-4-25-24(23)6-8-30(25)43-32-12-31(42-18-21-10-20(13-36)14-37-15-21)22(11-27(32)34)16-38-29(17-39)33(40)41/h2-5,7,9-12,14-15,29-30,38-39H,6,8,16-18H2,1H3,(H,40,41)/t29-,30-/m0/s1. The quantitative estimate of drug-likeness (QED) is 0.194. The Bertz CT molecular complexity index is 1710. The topological polar surface area (TPSA) is 125 Å². The zero-order chi connectivity index (χ0) is 30.5. The number of aryl methyl sites for hydroxylation is 1. The molecule has 0 aliphatic heterocycles. The minimum absolute atomic E-state index is 0.0427. The Hall–Kier alpha value is -4.49. The summed E-state index contributed by atoms with van der Waals surface area (Å²) in [5.41, 5.74) is 5.94. The molecule has 220 valence electrons. The van der Waals surface area contributed by atoms with Crippen LogP contribution in [-0.2, 0) is 24.4 Å². The van der Waals surface area contributed by atoms with Crippen molar-refractivity contribution in [3.63, 3.8) is 0 Å². The lowest BCUT2D eigenvalue weighted by atomic mass is 9.95. The van der Waals surface area contributed by atoms with Crippen molar-refractivity contribution in [2.75, 3.05) is 6.61 Å². The van der Waals surface area contributed by atoms with E-state index in [9.17, 15) is 24.7 Å². The molecule has 4 aromatic rings. The third-order valence-electron chi connectivity index (χ3n) is 7.35. The van der Waals surface area contributed by atoms with Gasteiger partial charge in [-0.2, -0.15) is 5.26 Å². The number of ether oxygens (including phenoxy) is 2. The smallest absolute Gasteiger partial charge is 0.323 e. The number of nitriles is 1. The lowest BCUT2D eigenvalue weighted by molar-refractivity contribution is -0.140. The maximum Gasteiger partial charge on any atom is 0.323 e. The molecule has 3 aromatic carbocycles. The fraction of sp³-hybridized carbons (Fsp3) is 0.242. The van der Waals surface area contributed by atoms with Crippen LogP contribution >= 0.6 is 11.6 Å². The number of aromatic nitrogens is 1. The van der Waals surface area contributed by atoms with Crippen LogP contribution in [0.2, 0.25) is 5.02 Å². The Morgan fingerprint density at radius 3 is 2.79 bits per heavy atom. The average molecular weight is 602 g/mol. The molecule has 1 aliphatic rings. The number of halogens is 2.